The molecule has 3 amide bonds. The number of rotatable bonds is 6. The molecule has 11 nitrogen and oxygen atoms in total. The summed E-state index contributed by atoms with van der Waals surface area (Å²) in [6, 6.07) is 13.9. The molecule has 47 heavy (non-hydrogen) atoms. The van der Waals surface area contributed by atoms with Crippen LogP contribution in [0.5, 0.6) is 0 Å². The lowest BCUT2D eigenvalue weighted by Gasteiger charge is -2.37. The highest BCUT2D eigenvalue weighted by atomic mass is 32.1. The second-order valence-corrected chi connectivity index (χ2v) is 15.2. The van der Waals surface area contributed by atoms with E-state index in [0.717, 1.165) is 29.0 Å². The Kier molecular flexibility index (Phi) is 8.97. The summed E-state index contributed by atoms with van der Waals surface area (Å²) in [7, 11) is -5.79. The molecule has 6 atom stereocenters. The topological polar surface area (TPSA) is 171 Å². The van der Waals surface area contributed by atoms with Crippen LogP contribution >= 0.6 is 18.9 Å². The number of alkyl halides is 2. The fraction of sp³-hybridized carbons (Fsp3) is 0.438. The molecule has 248 valence electrons. The Hall–Kier alpha value is -3.73. The highest BCUT2D eigenvalue weighted by Gasteiger charge is 2.51. The highest BCUT2D eigenvalue weighted by Crippen LogP contribution is 2.59. The molecular weight excluding hydrogens is 653 g/mol. The summed E-state index contributed by atoms with van der Waals surface area (Å²) < 4.78 is 40.3. The minimum atomic E-state index is -5.79. The molecule has 0 bridgehead atoms. The fourth-order valence-electron chi connectivity index (χ4n) is 7.02. The SMILES string of the molecule is N#C[C@H]1CN(C(=O)[C@@H]2CC[C@@H]3CC[C@H](O)C[C@H](NC(=O)c4cc5cc(C(F)(F)P(=O)(O)O)ccc5s4)C(=O)N32)C[C@@H]1c1ccccc1. The van der Waals surface area contributed by atoms with Crippen LogP contribution in [0.4, 0.5) is 8.78 Å². The van der Waals surface area contributed by atoms with Gasteiger partial charge in [-0.3, -0.25) is 18.9 Å². The van der Waals surface area contributed by atoms with Crippen molar-refractivity contribution in [3.63, 3.8) is 0 Å². The predicted molar refractivity (Wildman–Crippen MR) is 167 cm³/mol. The average Bonchev–Trinajstić information content (AvgIpc) is 3.78. The number of aliphatic hydroxyl groups excluding tert-OH is 1. The third kappa shape index (κ3) is 6.30. The number of likely N-dealkylation sites (tertiary alicyclic amines) is 1. The number of amides is 3. The van der Waals surface area contributed by atoms with Crippen molar-refractivity contribution in [3.05, 3.63) is 70.6 Å². The zero-order valence-corrected chi connectivity index (χ0v) is 26.7. The largest absolute Gasteiger partial charge is 0.399 e. The molecule has 0 spiro atoms. The number of nitrogens with one attached hydrogen (secondary N) is 1. The predicted octanol–water partition coefficient (Wildman–Crippen LogP) is 3.90. The minimum absolute atomic E-state index is 0.0677. The van der Waals surface area contributed by atoms with Crippen LogP contribution in [0.3, 0.4) is 0 Å². The van der Waals surface area contributed by atoms with E-state index in [-0.39, 0.29) is 41.1 Å². The number of hydrogen-bond acceptors (Lipinski definition) is 7. The second-order valence-electron chi connectivity index (χ2n) is 12.4. The number of hydrogen-bond donors (Lipinski definition) is 4. The molecule has 0 aliphatic carbocycles. The van der Waals surface area contributed by atoms with E-state index in [4.69, 9.17) is 9.79 Å². The van der Waals surface area contributed by atoms with Gasteiger partial charge in [-0.1, -0.05) is 36.4 Å². The molecule has 0 radical (unpaired) electrons. The average molecular weight is 687 g/mol. The van der Waals surface area contributed by atoms with Crippen LogP contribution in [0.2, 0.25) is 0 Å². The van der Waals surface area contributed by atoms with Gasteiger partial charge in [0.25, 0.3) is 5.91 Å². The molecule has 1 aromatic heterocycles. The van der Waals surface area contributed by atoms with Crippen LogP contribution < -0.4 is 5.32 Å². The number of carbonyl (C=O) groups excluding carboxylic acids is 3. The standard InChI is InChI=1S/C32H33F2N4O7PS/c33-32(34,46(43,44)45)21-6-11-27-19(12-21)13-28(47-27)29(40)36-25-14-23(39)9-7-22-8-10-26(38(22)30(25)41)31(42)37-16-20(15-35)24(17-37)18-4-2-1-3-5-18/h1-6,11-13,20,22-26,39H,7-10,14,16-17H2,(H,36,40)(H2,43,44,45)/t20-,22-,23-,24+,25-,26-/m0/s1. The summed E-state index contributed by atoms with van der Waals surface area (Å²) in [5.74, 6) is -2.00. The monoisotopic (exact) mass is 686 g/mol. The lowest BCUT2D eigenvalue weighted by molar-refractivity contribution is -0.147. The number of thiophene rings is 1. The third-order valence-corrected chi connectivity index (χ3v) is 11.6. The smallest absolute Gasteiger partial charge is 0.393 e. The lowest BCUT2D eigenvalue weighted by atomic mass is 9.90. The molecule has 3 fully saturated rings. The summed E-state index contributed by atoms with van der Waals surface area (Å²) in [5, 5.41) is 23.4. The van der Waals surface area contributed by atoms with E-state index in [1.807, 2.05) is 30.3 Å². The van der Waals surface area contributed by atoms with Crippen molar-refractivity contribution in [2.45, 2.75) is 67.9 Å². The van der Waals surface area contributed by atoms with Gasteiger partial charge in [0.15, 0.2) is 0 Å². The molecule has 0 unspecified atom stereocenters. The van der Waals surface area contributed by atoms with E-state index in [2.05, 4.69) is 11.4 Å². The number of nitriles is 1. The Labute approximate surface area is 272 Å². The van der Waals surface area contributed by atoms with Crippen LogP contribution in [-0.2, 0) is 19.8 Å². The van der Waals surface area contributed by atoms with E-state index in [1.165, 1.54) is 17.0 Å². The number of benzene rings is 2. The van der Waals surface area contributed by atoms with E-state index in [1.54, 1.807) is 4.90 Å². The van der Waals surface area contributed by atoms with Crippen molar-refractivity contribution >= 4 is 46.7 Å². The molecule has 4 N–H and O–H groups in total. The number of fused-ring (bicyclic) bond motifs is 2. The van der Waals surface area contributed by atoms with Gasteiger partial charge in [-0.05, 0) is 54.8 Å². The molecule has 6 rings (SSSR count). The Morgan fingerprint density at radius 3 is 2.47 bits per heavy atom. The van der Waals surface area contributed by atoms with E-state index < -0.39 is 54.7 Å². The van der Waals surface area contributed by atoms with E-state index >= 15 is 0 Å². The van der Waals surface area contributed by atoms with Gasteiger partial charge in [0.05, 0.1) is 23.0 Å². The van der Waals surface area contributed by atoms with Crippen molar-refractivity contribution in [1.82, 2.24) is 15.1 Å². The first-order valence-corrected chi connectivity index (χ1v) is 17.7. The molecule has 3 saturated heterocycles. The van der Waals surface area contributed by atoms with Gasteiger partial charge in [0.1, 0.15) is 12.1 Å². The first-order valence-electron chi connectivity index (χ1n) is 15.3. The number of nitrogens with zero attached hydrogens (tertiary/aromatic N) is 3. The van der Waals surface area contributed by atoms with Crippen LogP contribution in [0.25, 0.3) is 10.1 Å². The molecule has 2 aromatic carbocycles. The van der Waals surface area contributed by atoms with Crippen molar-refractivity contribution in [1.29, 1.82) is 5.26 Å². The van der Waals surface area contributed by atoms with Gasteiger partial charge in [-0.2, -0.15) is 14.0 Å². The summed E-state index contributed by atoms with van der Waals surface area (Å²) in [4.78, 5) is 62.9. The summed E-state index contributed by atoms with van der Waals surface area (Å²) in [6.07, 6.45) is 0.829. The van der Waals surface area contributed by atoms with E-state index in [9.17, 15) is 38.1 Å². The normalized spacial score (nSPS) is 26.9. The van der Waals surface area contributed by atoms with Gasteiger partial charge < -0.3 is 30.0 Å². The maximum absolute atomic E-state index is 14.3. The van der Waals surface area contributed by atoms with Crippen molar-refractivity contribution in [2.24, 2.45) is 5.92 Å². The summed E-state index contributed by atoms with van der Waals surface area (Å²) >= 11 is 0.949. The fourth-order valence-corrected chi connectivity index (χ4v) is 8.44. The van der Waals surface area contributed by atoms with E-state index in [0.29, 0.717) is 36.9 Å². The van der Waals surface area contributed by atoms with Crippen LogP contribution in [0, 0.1) is 17.2 Å². The molecule has 3 aliphatic heterocycles. The Bertz CT molecular complexity index is 1790. The molecule has 15 heteroatoms. The maximum atomic E-state index is 14.3. The Morgan fingerprint density at radius 1 is 1.04 bits per heavy atom. The van der Waals surface area contributed by atoms with Gasteiger partial charge >= 0.3 is 13.3 Å². The maximum Gasteiger partial charge on any atom is 0.399 e. The Balaban J connectivity index is 1.21. The first kappa shape index (κ1) is 33.2. The number of carbonyl (C=O) groups is 3. The van der Waals surface area contributed by atoms with Gasteiger partial charge in [0, 0.05) is 41.7 Å². The van der Waals surface area contributed by atoms with Crippen LogP contribution in [0.1, 0.15) is 58.8 Å². The van der Waals surface area contributed by atoms with Crippen molar-refractivity contribution in [2.75, 3.05) is 13.1 Å². The minimum Gasteiger partial charge on any atom is -0.393 e. The number of aliphatic hydroxyl groups is 1. The van der Waals surface area contributed by atoms with Crippen molar-refractivity contribution in [3.8, 4) is 6.07 Å². The quantitative estimate of drug-likeness (QED) is 0.283. The zero-order chi connectivity index (χ0) is 33.7. The third-order valence-electron chi connectivity index (χ3n) is 9.46. The molecule has 4 heterocycles. The molecule has 3 aliphatic rings. The summed E-state index contributed by atoms with van der Waals surface area (Å²) in [5.41, 5.74) is -4.35. The summed E-state index contributed by atoms with van der Waals surface area (Å²) in [6.45, 7) is 0.585. The van der Waals surface area contributed by atoms with Gasteiger partial charge in [-0.15, -0.1) is 11.3 Å². The first-order chi connectivity index (χ1) is 22.3. The molecule has 0 saturated carbocycles. The highest BCUT2D eigenvalue weighted by molar-refractivity contribution is 7.52. The van der Waals surface area contributed by atoms with Gasteiger partial charge in [-0.25, -0.2) is 0 Å². The lowest BCUT2D eigenvalue weighted by Crippen LogP contribution is -2.57. The Morgan fingerprint density at radius 2 is 1.77 bits per heavy atom. The second kappa shape index (κ2) is 12.7. The van der Waals surface area contributed by atoms with Gasteiger partial charge in [0.2, 0.25) is 11.8 Å². The number of halogens is 2. The molecule has 3 aromatic rings. The molecular formula is C32H33F2N4O7PS. The van der Waals surface area contributed by atoms with Crippen molar-refractivity contribution < 1.29 is 42.6 Å². The van der Waals surface area contributed by atoms with Crippen LogP contribution in [0.15, 0.2) is 54.6 Å². The van der Waals surface area contributed by atoms with Crippen LogP contribution in [-0.4, -0.2) is 79.7 Å². The zero-order valence-electron chi connectivity index (χ0n) is 25.0.